The van der Waals surface area contributed by atoms with Crippen LogP contribution >= 0.6 is 0 Å². The summed E-state index contributed by atoms with van der Waals surface area (Å²) in [6, 6.07) is 0. The molecule has 11 heavy (non-hydrogen) atoms. The minimum Gasteiger partial charge on any atom is -0.469 e. The second-order valence-corrected chi connectivity index (χ2v) is 2.61. The van der Waals surface area contributed by atoms with E-state index in [1.165, 1.54) is 7.11 Å². The minimum atomic E-state index is -0.556. The lowest BCUT2D eigenvalue weighted by Gasteiger charge is -2.13. The van der Waals surface area contributed by atoms with Crippen molar-refractivity contribution in [3.8, 4) is 0 Å². The van der Waals surface area contributed by atoms with Gasteiger partial charge in [0, 0.05) is 6.58 Å². The molecule has 1 fully saturated rings. The topological polar surface area (TPSA) is 35.5 Å². The van der Waals surface area contributed by atoms with Gasteiger partial charge in [0.25, 0.3) is 0 Å². The van der Waals surface area contributed by atoms with E-state index in [1.807, 2.05) is 6.92 Å². The van der Waals surface area contributed by atoms with Gasteiger partial charge < -0.3 is 9.47 Å². The number of carbonyl (C=O) groups is 1. The van der Waals surface area contributed by atoms with Crippen LogP contribution in [0, 0.1) is 5.92 Å². The van der Waals surface area contributed by atoms with Gasteiger partial charge in [-0.05, 0) is 12.8 Å². The Hall–Kier alpha value is -0.570. The zero-order valence-corrected chi connectivity index (χ0v) is 6.87. The monoisotopic (exact) mass is 160 g/mol. The van der Waals surface area contributed by atoms with Gasteiger partial charge >= 0.3 is 5.97 Å². The number of esters is 1. The van der Waals surface area contributed by atoms with Crippen LogP contribution in [-0.2, 0) is 14.3 Å². The zero-order chi connectivity index (χ0) is 9.14. The van der Waals surface area contributed by atoms with E-state index >= 15 is 0 Å². The lowest BCUT2D eigenvalue weighted by Crippen LogP contribution is -2.24. The van der Waals surface area contributed by atoms with E-state index in [4.69, 9.17) is 6.11 Å². The van der Waals surface area contributed by atoms with Gasteiger partial charge in [0.05, 0.1) is 20.5 Å². The number of hydrogen-bond donors (Lipinski definition) is 0. The summed E-state index contributed by atoms with van der Waals surface area (Å²) in [6.45, 7) is 1.39. The predicted octanol–water partition coefficient (Wildman–Crippen LogP) is 0.974. The normalized spacial score (nSPS) is 38.4. The SMILES string of the molecule is [3H][C@H]1CC(C(=O)OC)[C@@H](CC)O1. The number of methoxy groups -OCH3 is 1. The number of rotatable bonds is 2. The Morgan fingerprint density at radius 2 is 2.64 bits per heavy atom. The van der Waals surface area contributed by atoms with Crippen LogP contribution in [0.3, 0.4) is 0 Å². The number of hydrogen-bond acceptors (Lipinski definition) is 3. The van der Waals surface area contributed by atoms with E-state index in [1.54, 1.807) is 0 Å². The summed E-state index contributed by atoms with van der Waals surface area (Å²) in [6.07, 6.45) is 1.10. The highest BCUT2D eigenvalue weighted by Crippen LogP contribution is 2.23. The standard InChI is InChI=1S/C8H14O3/c1-3-7-6(4-5-11-7)8(9)10-2/h6-7H,3-5H2,1-2H3/t6?,7-/m1/s1/i5T/t5-,6?,7+/m0. The average Bonchev–Trinajstić information content (AvgIpc) is 2.45. The average molecular weight is 160 g/mol. The highest BCUT2D eigenvalue weighted by Gasteiger charge is 2.33. The molecule has 64 valence electrons. The van der Waals surface area contributed by atoms with Crippen LogP contribution in [-0.4, -0.2) is 25.8 Å². The summed E-state index contributed by atoms with van der Waals surface area (Å²) >= 11 is 0. The molecule has 0 aromatic heterocycles. The Kier molecular flexibility index (Phi) is 2.40. The summed E-state index contributed by atoms with van der Waals surface area (Å²) in [5, 5.41) is 0. The number of ether oxygens (including phenoxy) is 2. The molecule has 3 atom stereocenters. The van der Waals surface area contributed by atoms with E-state index in [9.17, 15) is 4.79 Å². The molecule has 0 aromatic rings. The van der Waals surface area contributed by atoms with Gasteiger partial charge in [-0.3, -0.25) is 4.79 Å². The number of carbonyl (C=O) groups excluding carboxylic acids is 1. The van der Waals surface area contributed by atoms with Gasteiger partial charge in [-0.15, -0.1) is 0 Å². The Morgan fingerprint density at radius 3 is 3.18 bits per heavy atom. The van der Waals surface area contributed by atoms with Gasteiger partial charge in [0.15, 0.2) is 0 Å². The first-order chi connectivity index (χ1) is 5.69. The van der Waals surface area contributed by atoms with Crippen LogP contribution < -0.4 is 0 Å². The third-order valence-electron chi connectivity index (χ3n) is 1.98. The van der Waals surface area contributed by atoms with E-state index in [2.05, 4.69) is 4.74 Å². The molecule has 0 amide bonds. The van der Waals surface area contributed by atoms with E-state index < -0.39 is 6.58 Å². The molecular weight excluding hydrogens is 144 g/mol. The van der Waals surface area contributed by atoms with Gasteiger partial charge in [0.2, 0.25) is 0 Å². The van der Waals surface area contributed by atoms with Crippen molar-refractivity contribution in [1.82, 2.24) is 0 Å². The molecule has 1 aliphatic rings. The largest absolute Gasteiger partial charge is 0.469 e. The molecule has 1 rings (SSSR count). The Bertz CT molecular complexity index is 172. The smallest absolute Gasteiger partial charge is 0.311 e. The fraction of sp³-hybridized carbons (Fsp3) is 0.875. The highest BCUT2D eigenvalue weighted by molar-refractivity contribution is 5.73. The molecule has 0 aliphatic carbocycles. The van der Waals surface area contributed by atoms with Crippen molar-refractivity contribution in [3.63, 3.8) is 0 Å². The molecule has 0 spiro atoms. The first-order valence-electron chi connectivity index (χ1n) is 4.42. The van der Waals surface area contributed by atoms with Crippen LogP contribution in [0.1, 0.15) is 21.1 Å². The van der Waals surface area contributed by atoms with Crippen molar-refractivity contribution in [2.24, 2.45) is 5.92 Å². The van der Waals surface area contributed by atoms with Crippen LogP contribution in [0.15, 0.2) is 0 Å². The molecule has 3 heteroatoms. The van der Waals surface area contributed by atoms with E-state index in [0.29, 0.717) is 6.42 Å². The summed E-state index contributed by atoms with van der Waals surface area (Å²) in [5.74, 6) is -0.487. The summed E-state index contributed by atoms with van der Waals surface area (Å²) in [7, 11) is 1.37. The Balaban J connectivity index is 2.57. The first kappa shape index (κ1) is 7.10. The molecule has 0 aromatic carbocycles. The van der Waals surface area contributed by atoms with Crippen molar-refractivity contribution in [2.75, 3.05) is 13.7 Å². The molecule has 0 N–H and O–H groups in total. The van der Waals surface area contributed by atoms with E-state index in [-0.39, 0.29) is 18.0 Å². The van der Waals surface area contributed by atoms with Gasteiger partial charge in [-0.2, -0.15) is 0 Å². The minimum absolute atomic E-state index is 0.125. The van der Waals surface area contributed by atoms with E-state index in [0.717, 1.165) is 6.42 Å². The maximum Gasteiger partial charge on any atom is 0.311 e. The van der Waals surface area contributed by atoms with Gasteiger partial charge in [0.1, 0.15) is 0 Å². The molecule has 0 bridgehead atoms. The second kappa shape index (κ2) is 3.72. The second-order valence-electron chi connectivity index (χ2n) is 2.61. The lowest BCUT2D eigenvalue weighted by molar-refractivity contribution is -0.147. The van der Waals surface area contributed by atoms with Crippen molar-refractivity contribution in [2.45, 2.75) is 25.9 Å². The maximum atomic E-state index is 11.1. The van der Waals surface area contributed by atoms with Crippen molar-refractivity contribution in [3.05, 3.63) is 0 Å². The Morgan fingerprint density at radius 1 is 1.91 bits per heavy atom. The third-order valence-corrected chi connectivity index (χ3v) is 1.98. The van der Waals surface area contributed by atoms with Crippen LogP contribution in [0.2, 0.25) is 0 Å². The third kappa shape index (κ3) is 1.71. The van der Waals surface area contributed by atoms with Gasteiger partial charge in [-0.1, -0.05) is 6.92 Å². The molecule has 3 nitrogen and oxygen atoms in total. The molecule has 1 unspecified atom stereocenters. The van der Waals surface area contributed by atoms with Gasteiger partial charge in [-0.25, -0.2) is 0 Å². The van der Waals surface area contributed by atoms with Crippen LogP contribution in [0.5, 0.6) is 0 Å². The van der Waals surface area contributed by atoms with Crippen molar-refractivity contribution >= 4 is 5.97 Å². The van der Waals surface area contributed by atoms with Crippen molar-refractivity contribution < 1.29 is 15.6 Å². The fourth-order valence-corrected chi connectivity index (χ4v) is 1.31. The van der Waals surface area contributed by atoms with Crippen LogP contribution in [0.4, 0.5) is 0 Å². The Labute approximate surface area is 68.1 Å². The lowest BCUT2D eigenvalue weighted by atomic mass is 10.0. The highest BCUT2D eigenvalue weighted by atomic mass is 16.5. The van der Waals surface area contributed by atoms with Crippen molar-refractivity contribution in [1.29, 1.82) is 0 Å². The first-order valence-corrected chi connectivity index (χ1v) is 3.84. The molecule has 1 aliphatic heterocycles. The van der Waals surface area contributed by atoms with Crippen LogP contribution in [0.25, 0.3) is 0 Å². The molecule has 0 radical (unpaired) electrons. The maximum absolute atomic E-state index is 11.1. The molecule has 0 saturated carbocycles. The molecular formula is C8H14O3. The molecule has 1 saturated heterocycles. The fourth-order valence-electron chi connectivity index (χ4n) is 1.31. The summed E-state index contributed by atoms with van der Waals surface area (Å²) in [4.78, 5) is 11.1. The zero-order valence-electron chi connectivity index (χ0n) is 7.87. The predicted molar refractivity (Wildman–Crippen MR) is 40.2 cm³/mol. The summed E-state index contributed by atoms with van der Waals surface area (Å²) in [5.41, 5.74) is 0. The summed E-state index contributed by atoms with van der Waals surface area (Å²) < 4.78 is 17.2. The molecule has 1 heterocycles. The quantitative estimate of drug-likeness (QED) is 0.565.